The average molecular weight is 530 g/mol. The second kappa shape index (κ2) is 11.3. The molecule has 1 aliphatic heterocycles. The standard InChI is InChI=1S/C24H30N6.HI/c1-18-13-21(17-30(18)16-19-9-5-3-6-10-19)28-24(25-2)27-15-23-26-14-22(29-23)20-11-7-4-8-12-20;/h3-12,14,18,21H,13,15-17H2,1-2H3,(H,26,29)(H2,25,27,28);1H. The normalized spacial score (nSPS) is 19.1. The van der Waals surface area contributed by atoms with E-state index in [4.69, 9.17) is 0 Å². The Morgan fingerprint density at radius 3 is 2.55 bits per heavy atom. The van der Waals surface area contributed by atoms with Crippen LogP contribution in [0.3, 0.4) is 0 Å². The SMILES string of the molecule is CN=C(NCc1ncc(-c2ccccc2)[nH]1)NC1CC(C)N(Cc2ccccc2)C1.I. The Morgan fingerprint density at radius 1 is 1.13 bits per heavy atom. The van der Waals surface area contributed by atoms with Crippen LogP contribution >= 0.6 is 24.0 Å². The summed E-state index contributed by atoms with van der Waals surface area (Å²) in [5, 5.41) is 6.96. The van der Waals surface area contributed by atoms with Gasteiger partial charge in [-0.15, -0.1) is 24.0 Å². The van der Waals surface area contributed by atoms with Crippen LogP contribution in [0.4, 0.5) is 0 Å². The quantitative estimate of drug-likeness (QED) is 0.256. The van der Waals surface area contributed by atoms with Gasteiger partial charge in [0.1, 0.15) is 5.82 Å². The van der Waals surface area contributed by atoms with Crippen molar-refractivity contribution in [1.82, 2.24) is 25.5 Å². The number of halogens is 1. The summed E-state index contributed by atoms with van der Waals surface area (Å²) in [7, 11) is 1.81. The number of imidazole rings is 1. The molecule has 3 aromatic rings. The molecule has 6 nitrogen and oxygen atoms in total. The lowest BCUT2D eigenvalue weighted by Gasteiger charge is -2.21. The second-order valence-electron chi connectivity index (χ2n) is 7.88. The Kier molecular flexibility index (Phi) is 8.48. The highest BCUT2D eigenvalue weighted by molar-refractivity contribution is 14.0. The molecule has 0 radical (unpaired) electrons. The number of likely N-dealkylation sites (tertiary alicyclic amines) is 1. The zero-order valence-corrected chi connectivity index (χ0v) is 20.4. The summed E-state index contributed by atoms with van der Waals surface area (Å²) in [5.41, 5.74) is 3.52. The maximum absolute atomic E-state index is 4.49. The van der Waals surface area contributed by atoms with E-state index in [9.17, 15) is 0 Å². The molecule has 1 aliphatic rings. The van der Waals surface area contributed by atoms with Crippen molar-refractivity contribution in [3.05, 3.63) is 78.2 Å². The molecule has 0 aliphatic carbocycles. The van der Waals surface area contributed by atoms with Crippen molar-refractivity contribution in [3.8, 4) is 11.3 Å². The number of aromatic amines is 1. The molecule has 2 heterocycles. The van der Waals surface area contributed by atoms with Crippen LogP contribution in [0.15, 0.2) is 71.9 Å². The smallest absolute Gasteiger partial charge is 0.191 e. The van der Waals surface area contributed by atoms with E-state index in [2.05, 4.69) is 79.9 Å². The topological polar surface area (TPSA) is 68.3 Å². The minimum Gasteiger partial charge on any atom is -0.352 e. The number of aliphatic imine (C=N–C) groups is 1. The van der Waals surface area contributed by atoms with Crippen molar-refractivity contribution in [2.75, 3.05) is 13.6 Å². The van der Waals surface area contributed by atoms with E-state index in [1.54, 1.807) is 0 Å². The lowest BCUT2D eigenvalue weighted by Crippen LogP contribution is -2.44. The van der Waals surface area contributed by atoms with Gasteiger partial charge < -0.3 is 15.6 Å². The van der Waals surface area contributed by atoms with E-state index in [0.29, 0.717) is 18.6 Å². The number of hydrogen-bond donors (Lipinski definition) is 3. The molecule has 2 unspecified atom stereocenters. The van der Waals surface area contributed by atoms with Gasteiger partial charge in [0.15, 0.2) is 5.96 Å². The number of benzene rings is 2. The Bertz CT molecular complexity index is 956. The van der Waals surface area contributed by atoms with Gasteiger partial charge in [-0.25, -0.2) is 4.98 Å². The molecule has 2 atom stereocenters. The molecule has 3 N–H and O–H groups in total. The number of H-pyrrole nitrogens is 1. The van der Waals surface area contributed by atoms with Crippen molar-refractivity contribution >= 4 is 29.9 Å². The lowest BCUT2D eigenvalue weighted by atomic mass is 10.2. The van der Waals surface area contributed by atoms with E-state index in [1.807, 2.05) is 31.4 Å². The molecule has 31 heavy (non-hydrogen) atoms. The van der Waals surface area contributed by atoms with Crippen molar-refractivity contribution in [3.63, 3.8) is 0 Å². The minimum atomic E-state index is 0. The number of guanidine groups is 1. The van der Waals surface area contributed by atoms with Crippen molar-refractivity contribution in [1.29, 1.82) is 0 Å². The third kappa shape index (κ3) is 6.30. The van der Waals surface area contributed by atoms with Crippen LogP contribution in [0.25, 0.3) is 11.3 Å². The molecule has 1 aromatic heterocycles. The molecule has 1 fully saturated rings. The largest absolute Gasteiger partial charge is 0.352 e. The van der Waals surface area contributed by atoms with E-state index in [1.165, 1.54) is 5.56 Å². The molecule has 7 heteroatoms. The maximum Gasteiger partial charge on any atom is 0.191 e. The third-order valence-electron chi connectivity index (χ3n) is 5.63. The highest BCUT2D eigenvalue weighted by atomic mass is 127. The number of rotatable bonds is 6. The van der Waals surface area contributed by atoms with Crippen LogP contribution in [0.2, 0.25) is 0 Å². The first kappa shape index (κ1) is 23.3. The summed E-state index contributed by atoms with van der Waals surface area (Å²) >= 11 is 0. The summed E-state index contributed by atoms with van der Waals surface area (Å²) in [6.45, 7) is 4.90. The maximum atomic E-state index is 4.49. The Morgan fingerprint density at radius 2 is 1.84 bits per heavy atom. The summed E-state index contributed by atoms with van der Waals surface area (Å²) in [6, 6.07) is 21.8. The number of hydrogen-bond acceptors (Lipinski definition) is 3. The van der Waals surface area contributed by atoms with Gasteiger partial charge in [0.05, 0.1) is 18.4 Å². The fraction of sp³-hybridized carbons (Fsp3) is 0.333. The van der Waals surface area contributed by atoms with E-state index >= 15 is 0 Å². The molecule has 1 saturated heterocycles. The third-order valence-corrected chi connectivity index (χ3v) is 5.63. The predicted molar refractivity (Wildman–Crippen MR) is 137 cm³/mol. The summed E-state index contributed by atoms with van der Waals surface area (Å²) in [4.78, 5) is 14.8. The van der Waals surface area contributed by atoms with E-state index in [0.717, 1.165) is 42.6 Å². The molecule has 0 bridgehead atoms. The van der Waals surface area contributed by atoms with Crippen LogP contribution in [-0.2, 0) is 13.1 Å². The van der Waals surface area contributed by atoms with Crippen LogP contribution in [0.1, 0.15) is 24.7 Å². The highest BCUT2D eigenvalue weighted by Gasteiger charge is 2.29. The first-order valence-electron chi connectivity index (χ1n) is 10.6. The lowest BCUT2D eigenvalue weighted by molar-refractivity contribution is 0.258. The zero-order chi connectivity index (χ0) is 20.8. The van der Waals surface area contributed by atoms with Gasteiger partial charge in [0, 0.05) is 32.2 Å². The summed E-state index contributed by atoms with van der Waals surface area (Å²) in [6.07, 6.45) is 2.98. The van der Waals surface area contributed by atoms with Crippen molar-refractivity contribution < 1.29 is 0 Å². The highest BCUT2D eigenvalue weighted by Crippen LogP contribution is 2.20. The summed E-state index contributed by atoms with van der Waals surface area (Å²) < 4.78 is 0. The monoisotopic (exact) mass is 530 g/mol. The van der Waals surface area contributed by atoms with E-state index in [-0.39, 0.29) is 24.0 Å². The predicted octanol–water partition coefficient (Wildman–Crippen LogP) is 4.02. The molecular weight excluding hydrogens is 499 g/mol. The molecule has 0 saturated carbocycles. The van der Waals surface area contributed by atoms with Gasteiger partial charge in [0.2, 0.25) is 0 Å². The molecule has 2 aromatic carbocycles. The van der Waals surface area contributed by atoms with Crippen molar-refractivity contribution in [2.45, 2.75) is 38.5 Å². The Hall–Kier alpha value is -2.39. The Balaban J connectivity index is 0.00000272. The minimum absolute atomic E-state index is 0. The molecule has 164 valence electrons. The fourth-order valence-corrected chi connectivity index (χ4v) is 4.01. The fourth-order valence-electron chi connectivity index (χ4n) is 4.01. The molecular formula is C24H31IN6. The number of aromatic nitrogens is 2. The average Bonchev–Trinajstić information content (AvgIpc) is 3.39. The molecule has 0 spiro atoms. The van der Waals surface area contributed by atoms with Gasteiger partial charge in [-0.1, -0.05) is 60.7 Å². The van der Waals surface area contributed by atoms with Gasteiger partial charge in [-0.2, -0.15) is 0 Å². The van der Waals surface area contributed by atoms with Gasteiger partial charge in [-0.05, 0) is 24.5 Å². The number of nitrogens with zero attached hydrogens (tertiary/aromatic N) is 3. The first-order valence-corrected chi connectivity index (χ1v) is 10.6. The van der Waals surface area contributed by atoms with Gasteiger partial charge >= 0.3 is 0 Å². The van der Waals surface area contributed by atoms with Gasteiger partial charge in [0.25, 0.3) is 0 Å². The second-order valence-corrected chi connectivity index (χ2v) is 7.88. The first-order chi connectivity index (χ1) is 14.7. The van der Waals surface area contributed by atoms with Crippen molar-refractivity contribution in [2.24, 2.45) is 4.99 Å². The zero-order valence-electron chi connectivity index (χ0n) is 18.1. The summed E-state index contributed by atoms with van der Waals surface area (Å²) in [5.74, 6) is 1.70. The van der Waals surface area contributed by atoms with Crippen LogP contribution < -0.4 is 10.6 Å². The Labute approximate surface area is 201 Å². The van der Waals surface area contributed by atoms with Crippen LogP contribution in [-0.4, -0.2) is 46.5 Å². The molecule has 4 rings (SSSR count). The van der Waals surface area contributed by atoms with Gasteiger partial charge in [-0.3, -0.25) is 9.89 Å². The number of nitrogens with one attached hydrogen (secondary N) is 3. The van der Waals surface area contributed by atoms with Crippen LogP contribution in [0, 0.1) is 0 Å². The molecule has 0 amide bonds. The van der Waals surface area contributed by atoms with Crippen LogP contribution in [0.5, 0.6) is 0 Å². The van der Waals surface area contributed by atoms with E-state index < -0.39 is 0 Å².